The molecule has 2 N–H and O–H groups in total. The van der Waals surface area contributed by atoms with Crippen molar-refractivity contribution in [2.45, 2.75) is 24.7 Å². The van der Waals surface area contributed by atoms with Gasteiger partial charge in [-0.2, -0.15) is 10.5 Å². The molecule has 0 bridgehead atoms. The van der Waals surface area contributed by atoms with Gasteiger partial charge in [0, 0.05) is 30.6 Å². The molecule has 28 heavy (non-hydrogen) atoms. The predicted molar refractivity (Wildman–Crippen MR) is 100 cm³/mol. The number of benzene rings is 1. The van der Waals surface area contributed by atoms with Crippen molar-refractivity contribution in [2.75, 3.05) is 13.7 Å². The summed E-state index contributed by atoms with van der Waals surface area (Å²) in [5.74, 6) is 0.759. The normalized spacial score (nSPS) is 23.7. The van der Waals surface area contributed by atoms with Crippen LogP contribution in [0.5, 0.6) is 5.75 Å². The highest BCUT2D eigenvalue weighted by Crippen LogP contribution is 2.42. The number of nitrogens with one attached hydrogen (secondary N) is 1. The minimum Gasteiger partial charge on any atom is -0.482 e. The molecule has 2 aromatic rings. The Bertz CT molecular complexity index is 964. The highest BCUT2D eigenvalue weighted by molar-refractivity contribution is 5.99. The van der Waals surface area contributed by atoms with Gasteiger partial charge in [-0.05, 0) is 37.3 Å². The second-order valence-corrected chi connectivity index (χ2v) is 6.56. The molecular weight excluding hydrogens is 358 g/mol. The van der Waals surface area contributed by atoms with Gasteiger partial charge in [0.15, 0.2) is 11.8 Å². The molecule has 0 unspecified atom stereocenters. The standard InChI is InChI=1S/C20H19N5O3/c1-20(11-27-2)18(26)17(15-8-13(9-21)5-6-16(15)28-20)25-19(24-12-22)14-4-3-7-23-10-14/h3-8,10,17-18,26H,11H2,1-2H3,(H,24,25)/t17-,18+,20+/m1/s1. The molecule has 0 radical (unpaired) electrons. The Morgan fingerprint density at radius 3 is 2.89 bits per heavy atom. The van der Waals surface area contributed by atoms with Crippen molar-refractivity contribution in [3.8, 4) is 18.0 Å². The van der Waals surface area contributed by atoms with Crippen LogP contribution in [-0.4, -0.2) is 41.3 Å². The molecule has 1 aromatic heterocycles. The Kier molecular flexibility index (Phi) is 5.55. The van der Waals surface area contributed by atoms with E-state index in [9.17, 15) is 10.4 Å². The zero-order valence-electron chi connectivity index (χ0n) is 15.5. The Hall–Kier alpha value is -3.46. The van der Waals surface area contributed by atoms with Crippen LogP contribution in [0.1, 0.15) is 29.7 Å². The lowest BCUT2D eigenvalue weighted by Gasteiger charge is -2.42. The molecule has 2 heterocycles. The largest absolute Gasteiger partial charge is 0.482 e. The summed E-state index contributed by atoms with van der Waals surface area (Å²) in [6, 6.07) is 9.72. The molecule has 0 spiro atoms. The first-order valence-corrected chi connectivity index (χ1v) is 8.56. The molecule has 1 aliphatic rings. The Balaban J connectivity index is 2.16. The van der Waals surface area contributed by atoms with E-state index in [1.807, 2.05) is 6.19 Å². The molecule has 0 amide bonds. The number of pyridine rings is 1. The first kappa shape index (κ1) is 19.3. The fraction of sp³-hybridized carbons (Fsp3) is 0.300. The molecule has 8 heteroatoms. The Labute approximate surface area is 162 Å². The van der Waals surface area contributed by atoms with Crippen molar-refractivity contribution in [1.82, 2.24) is 10.3 Å². The summed E-state index contributed by atoms with van der Waals surface area (Å²) in [6.07, 6.45) is 3.96. The number of nitrogens with zero attached hydrogens (tertiary/aromatic N) is 4. The number of aliphatic hydroxyl groups is 1. The fourth-order valence-corrected chi connectivity index (χ4v) is 3.17. The molecule has 0 saturated carbocycles. The van der Waals surface area contributed by atoms with Crippen molar-refractivity contribution in [1.29, 1.82) is 10.5 Å². The van der Waals surface area contributed by atoms with E-state index >= 15 is 0 Å². The number of rotatable bonds is 4. The lowest BCUT2D eigenvalue weighted by Crippen LogP contribution is -2.54. The van der Waals surface area contributed by atoms with Crippen molar-refractivity contribution in [3.05, 3.63) is 59.4 Å². The highest BCUT2D eigenvalue weighted by atomic mass is 16.6. The molecule has 0 fully saturated rings. The van der Waals surface area contributed by atoms with Crippen molar-refractivity contribution in [3.63, 3.8) is 0 Å². The second-order valence-electron chi connectivity index (χ2n) is 6.56. The van der Waals surface area contributed by atoms with Crippen LogP contribution in [0.15, 0.2) is 47.7 Å². The highest BCUT2D eigenvalue weighted by Gasteiger charge is 2.46. The van der Waals surface area contributed by atoms with Gasteiger partial charge in [-0.3, -0.25) is 15.3 Å². The van der Waals surface area contributed by atoms with Gasteiger partial charge in [-0.15, -0.1) is 0 Å². The maximum Gasteiger partial charge on any atom is 0.182 e. The van der Waals surface area contributed by atoms with E-state index in [4.69, 9.17) is 14.7 Å². The molecule has 1 aliphatic heterocycles. The Morgan fingerprint density at radius 1 is 1.43 bits per heavy atom. The summed E-state index contributed by atoms with van der Waals surface area (Å²) in [4.78, 5) is 8.67. The van der Waals surface area contributed by atoms with Gasteiger partial charge in [-0.1, -0.05) is 0 Å². The molecule has 142 valence electrons. The maximum absolute atomic E-state index is 11.1. The van der Waals surface area contributed by atoms with E-state index in [2.05, 4.69) is 21.4 Å². The molecule has 3 rings (SSSR count). The number of ether oxygens (including phenoxy) is 2. The summed E-state index contributed by atoms with van der Waals surface area (Å²) >= 11 is 0. The summed E-state index contributed by atoms with van der Waals surface area (Å²) in [6.45, 7) is 1.86. The van der Waals surface area contributed by atoms with E-state index in [0.29, 0.717) is 22.4 Å². The summed E-state index contributed by atoms with van der Waals surface area (Å²) in [5.41, 5.74) is 0.508. The van der Waals surface area contributed by atoms with E-state index < -0.39 is 17.7 Å². The van der Waals surface area contributed by atoms with Crippen molar-refractivity contribution in [2.24, 2.45) is 4.99 Å². The minimum atomic E-state index is -1.08. The van der Waals surface area contributed by atoms with Crippen molar-refractivity contribution < 1.29 is 14.6 Å². The van der Waals surface area contributed by atoms with Crippen LogP contribution in [-0.2, 0) is 4.74 Å². The van der Waals surface area contributed by atoms with Gasteiger partial charge in [0.05, 0.1) is 18.2 Å². The second kappa shape index (κ2) is 8.05. The lowest BCUT2D eigenvalue weighted by molar-refractivity contribution is -0.104. The SMILES string of the molecule is COC[C@]1(C)Oc2ccc(C#N)cc2[C@@H](N=C(NC#N)c2cccnc2)[C@@H]1O. The number of hydrogen-bond donors (Lipinski definition) is 2. The lowest BCUT2D eigenvalue weighted by atomic mass is 9.85. The van der Waals surface area contributed by atoms with Gasteiger partial charge in [0.25, 0.3) is 0 Å². The number of amidine groups is 1. The average Bonchev–Trinajstić information content (AvgIpc) is 2.71. The van der Waals surface area contributed by atoms with E-state index in [1.165, 1.54) is 7.11 Å². The Morgan fingerprint density at radius 2 is 2.25 bits per heavy atom. The van der Waals surface area contributed by atoms with E-state index in [0.717, 1.165) is 0 Å². The van der Waals surface area contributed by atoms with Crippen LogP contribution in [0.2, 0.25) is 0 Å². The first-order chi connectivity index (χ1) is 13.5. The molecule has 1 aromatic carbocycles. The summed E-state index contributed by atoms with van der Waals surface area (Å²) in [7, 11) is 1.52. The number of aliphatic imine (C=N–C) groups is 1. The topological polar surface area (TPSA) is 124 Å². The van der Waals surface area contributed by atoms with Crippen LogP contribution in [0.25, 0.3) is 0 Å². The van der Waals surface area contributed by atoms with Gasteiger partial charge in [-0.25, -0.2) is 0 Å². The number of methoxy groups -OCH3 is 1. The minimum absolute atomic E-state index is 0.132. The smallest absolute Gasteiger partial charge is 0.182 e. The zero-order valence-corrected chi connectivity index (χ0v) is 15.5. The van der Waals surface area contributed by atoms with Gasteiger partial charge in [0.1, 0.15) is 23.7 Å². The number of aliphatic hydroxyl groups excluding tert-OH is 1. The first-order valence-electron chi connectivity index (χ1n) is 8.56. The quantitative estimate of drug-likeness (QED) is 0.359. The van der Waals surface area contributed by atoms with Crippen LogP contribution < -0.4 is 10.1 Å². The number of hydrogen-bond acceptors (Lipinski definition) is 7. The molecule has 0 saturated heterocycles. The zero-order chi connectivity index (χ0) is 20.1. The van der Waals surface area contributed by atoms with Gasteiger partial charge in [0.2, 0.25) is 0 Å². The third-order valence-electron chi connectivity index (χ3n) is 4.53. The summed E-state index contributed by atoms with van der Waals surface area (Å²) in [5, 5.41) is 32.0. The molecule has 8 nitrogen and oxygen atoms in total. The third-order valence-corrected chi connectivity index (χ3v) is 4.53. The molecule has 3 atom stereocenters. The maximum atomic E-state index is 11.1. The van der Waals surface area contributed by atoms with Gasteiger partial charge >= 0.3 is 0 Å². The van der Waals surface area contributed by atoms with E-state index in [1.54, 1.807) is 49.6 Å². The monoisotopic (exact) mass is 377 g/mol. The van der Waals surface area contributed by atoms with Crippen LogP contribution in [0.3, 0.4) is 0 Å². The van der Waals surface area contributed by atoms with Crippen LogP contribution in [0, 0.1) is 22.8 Å². The van der Waals surface area contributed by atoms with Gasteiger partial charge < -0.3 is 14.6 Å². The predicted octanol–water partition coefficient (Wildman–Crippen LogP) is 1.67. The fourth-order valence-electron chi connectivity index (χ4n) is 3.17. The summed E-state index contributed by atoms with van der Waals surface area (Å²) < 4.78 is 11.2. The van der Waals surface area contributed by atoms with E-state index in [-0.39, 0.29) is 12.4 Å². The number of nitriles is 2. The average molecular weight is 377 g/mol. The number of fused-ring (bicyclic) bond motifs is 1. The molecular formula is C20H19N5O3. The van der Waals surface area contributed by atoms with Crippen molar-refractivity contribution >= 4 is 5.84 Å². The molecule has 0 aliphatic carbocycles. The van der Waals surface area contributed by atoms with Crippen LogP contribution in [0.4, 0.5) is 0 Å². The van der Waals surface area contributed by atoms with Crippen LogP contribution >= 0.6 is 0 Å². The third kappa shape index (κ3) is 3.65. The number of aromatic nitrogens is 1.